The first-order chi connectivity index (χ1) is 3.46. The van der Waals surface area contributed by atoms with E-state index in [0.29, 0.717) is 7.92 Å². The van der Waals surface area contributed by atoms with Crippen molar-refractivity contribution in [3.05, 3.63) is 0 Å². The molecule has 5 heteroatoms. The second-order valence-corrected chi connectivity index (χ2v) is 9.33. The summed E-state index contributed by atoms with van der Waals surface area (Å²) in [6.07, 6.45) is 0. The molecule has 56 valence electrons. The average molecular weight is 241 g/mol. The van der Waals surface area contributed by atoms with Crippen molar-refractivity contribution in [2.45, 2.75) is 0 Å². The monoisotopic (exact) mass is 240 g/mol. The molecule has 0 aromatic carbocycles. The molecule has 0 saturated carbocycles. The van der Waals surface area contributed by atoms with E-state index < -0.39 is 10.9 Å². The molecule has 0 aromatic rings. The fraction of sp³-hybridized carbons (Fsp3) is 1.00. The summed E-state index contributed by atoms with van der Waals surface area (Å²) in [5.74, 6) is 0. The van der Waals surface area contributed by atoms with Gasteiger partial charge in [-0.05, 0) is 20.0 Å². The third-order valence-corrected chi connectivity index (χ3v) is 0. The molecule has 0 aromatic heterocycles. The summed E-state index contributed by atoms with van der Waals surface area (Å²) < 4.78 is 0. The standard InChI is InChI=1S/C3H9P.3ClH.Co/c1-4(2)3;;;;/h1-3H3;3*1H;/q;;;;+3/p-3. The predicted molar refractivity (Wildman–Crippen MR) is 42.3 cm³/mol. The van der Waals surface area contributed by atoms with E-state index in [4.69, 9.17) is 30.4 Å². The number of halogens is 3. The maximum absolute atomic E-state index is 4.87. The second-order valence-electron chi connectivity index (χ2n) is 1.48. The van der Waals surface area contributed by atoms with E-state index in [1.54, 1.807) is 0 Å². The van der Waals surface area contributed by atoms with Crippen molar-refractivity contribution >= 4 is 38.4 Å². The van der Waals surface area contributed by atoms with Gasteiger partial charge in [0, 0.05) is 0 Å². The van der Waals surface area contributed by atoms with E-state index in [-0.39, 0.29) is 0 Å². The molecular weight excluding hydrogens is 232 g/mol. The predicted octanol–water partition coefficient (Wildman–Crippen LogP) is 3.42. The van der Waals surface area contributed by atoms with Crippen LogP contribution in [0.2, 0.25) is 0 Å². The molecule has 0 fully saturated rings. The zero-order valence-electron chi connectivity index (χ0n) is 4.91. The topological polar surface area (TPSA) is 0 Å². The van der Waals surface area contributed by atoms with Gasteiger partial charge in [0.15, 0.2) is 0 Å². The van der Waals surface area contributed by atoms with Crippen molar-refractivity contribution in [2.24, 2.45) is 0 Å². The normalized spacial score (nSPS) is 10.1. The van der Waals surface area contributed by atoms with Crippen molar-refractivity contribution in [1.82, 2.24) is 0 Å². The Labute approximate surface area is 69.1 Å². The van der Waals surface area contributed by atoms with E-state index in [1.807, 2.05) is 0 Å². The Kier molecular flexibility index (Phi) is 13.7. The minimum atomic E-state index is -1.19. The van der Waals surface area contributed by atoms with Gasteiger partial charge < -0.3 is 0 Å². The van der Waals surface area contributed by atoms with Crippen molar-refractivity contribution < 1.29 is 10.9 Å². The van der Waals surface area contributed by atoms with E-state index in [0.717, 1.165) is 0 Å². The van der Waals surface area contributed by atoms with Crippen LogP contribution in [0.4, 0.5) is 0 Å². The van der Waals surface area contributed by atoms with Gasteiger partial charge >= 0.3 is 41.4 Å². The fourth-order valence-electron chi connectivity index (χ4n) is 0. The average Bonchev–Trinajstić information content (AvgIpc) is 1.25. The Morgan fingerprint density at radius 1 is 1.00 bits per heavy atom. The van der Waals surface area contributed by atoms with Crippen LogP contribution < -0.4 is 0 Å². The van der Waals surface area contributed by atoms with Gasteiger partial charge in [-0.1, -0.05) is 0 Å². The van der Waals surface area contributed by atoms with Crippen molar-refractivity contribution in [3.8, 4) is 0 Å². The van der Waals surface area contributed by atoms with Gasteiger partial charge in [-0.2, -0.15) is 0 Å². The SMILES string of the molecule is CP(C)C.[Cl][Co]([Cl])[Cl]. The van der Waals surface area contributed by atoms with Crippen molar-refractivity contribution in [3.63, 3.8) is 0 Å². The van der Waals surface area contributed by atoms with Crippen LogP contribution in [-0.4, -0.2) is 20.0 Å². The van der Waals surface area contributed by atoms with Crippen molar-refractivity contribution in [1.29, 1.82) is 0 Å². The number of rotatable bonds is 0. The van der Waals surface area contributed by atoms with Crippen LogP contribution in [0.25, 0.3) is 0 Å². The third-order valence-electron chi connectivity index (χ3n) is 0. The van der Waals surface area contributed by atoms with Crippen LogP contribution >= 0.6 is 38.4 Å². The number of hydrogen-bond donors (Lipinski definition) is 0. The van der Waals surface area contributed by atoms with Gasteiger partial charge in [-0.3, -0.25) is 0 Å². The molecule has 0 aliphatic rings. The molecule has 0 aliphatic carbocycles. The summed E-state index contributed by atoms with van der Waals surface area (Å²) in [5, 5.41) is 0. The molecule has 8 heavy (non-hydrogen) atoms. The Morgan fingerprint density at radius 2 is 1.00 bits per heavy atom. The molecular formula is C3H9Cl3CoP. The summed E-state index contributed by atoms with van der Waals surface area (Å²) >= 11 is 0. The number of hydrogen-bond acceptors (Lipinski definition) is 0. The quantitative estimate of drug-likeness (QED) is 0.570. The van der Waals surface area contributed by atoms with Crippen molar-refractivity contribution in [2.75, 3.05) is 20.0 Å². The molecule has 0 unspecified atom stereocenters. The fourth-order valence-corrected chi connectivity index (χ4v) is 0. The Bertz CT molecular complexity index is 30.0. The first-order valence-electron chi connectivity index (χ1n) is 1.72. The van der Waals surface area contributed by atoms with Gasteiger partial charge in [0.05, 0.1) is 0 Å². The zero-order chi connectivity index (χ0) is 7.15. The second kappa shape index (κ2) is 8.81. The Balaban J connectivity index is 0. The van der Waals surface area contributed by atoms with Crippen LogP contribution in [0, 0.1) is 0 Å². The molecule has 0 bridgehead atoms. The van der Waals surface area contributed by atoms with Crippen LogP contribution in [0.1, 0.15) is 0 Å². The van der Waals surface area contributed by atoms with E-state index >= 15 is 0 Å². The first-order valence-corrected chi connectivity index (χ1v) is 8.70. The Hall–Kier alpha value is 1.81. The van der Waals surface area contributed by atoms with Gasteiger partial charge in [-0.25, -0.2) is 0 Å². The molecule has 0 N–H and O–H groups in total. The van der Waals surface area contributed by atoms with Crippen LogP contribution in [-0.2, 0) is 10.9 Å². The molecule has 0 radical (unpaired) electrons. The first kappa shape index (κ1) is 12.5. The van der Waals surface area contributed by atoms with E-state index in [1.165, 1.54) is 0 Å². The molecule has 0 spiro atoms. The van der Waals surface area contributed by atoms with Gasteiger partial charge in [0.2, 0.25) is 0 Å². The van der Waals surface area contributed by atoms with Crippen LogP contribution in [0.15, 0.2) is 0 Å². The minimum absolute atomic E-state index is 0.380. The summed E-state index contributed by atoms with van der Waals surface area (Å²) in [4.78, 5) is 0. The molecule has 0 saturated heterocycles. The zero-order valence-corrected chi connectivity index (χ0v) is 9.12. The molecule has 0 nitrogen and oxygen atoms in total. The molecule has 0 aliphatic heterocycles. The molecule has 0 atom stereocenters. The molecule has 0 heterocycles. The van der Waals surface area contributed by atoms with Crippen LogP contribution in [0.3, 0.4) is 0 Å². The summed E-state index contributed by atoms with van der Waals surface area (Å²) in [5.41, 5.74) is 0. The summed E-state index contributed by atoms with van der Waals surface area (Å²) in [7, 11) is 13.8. The van der Waals surface area contributed by atoms with Gasteiger partial charge in [0.1, 0.15) is 0 Å². The molecule has 0 amide bonds. The molecule has 0 rings (SSSR count). The van der Waals surface area contributed by atoms with Gasteiger partial charge in [0.25, 0.3) is 0 Å². The summed E-state index contributed by atoms with van der Waals surface area (Å²) in [6.45, 7) is 6.69. The van der Waals surface area contributed by atoms with Gasteiger partial charge in [-0.15, -0.1) is 7.92 Å². The van der Waals surface area contributed by atoms with Crippen LogP contribution in [0.5, 0.6) is 0 Å². The Morgan fingerprint density at radius 3 is 1.00 bits per heavy atom. The van der Waals surface area contributed by atoms with E-state index in [2.05, 4.69) is 20.0 Å². The summed E-state index contributed by atoms with van der Waals surface area (Å²) in [6, 6.07) is 0. The third kappa shape index (κ3) is 111. The maximum atomic E-state index is 4.87. The van der Waals surface area contributed by atoms with E-state index in [9.17, 15) is 0 Å².